The molecular weight excluding hydrogens is 186 g/mol. The summed E-state index contributed by atoms with van der Waals surface area (Å²) in [6.45, 7) is 0.217. The van der Waals surface area contributed by atoms with Gasteiger partial charge in [0.1, 0.15) is 12.0 Å². The number of benzene rings is 1. The first kappa shape index (κ1) is 9.62. The Kier molecular flexibility index (Phi) is 3.86. The lowest BCUT2D eigenvalue weighted by Gasteiger charge is -2.00. The maximum absolute atomic E-state index is 10.7. The molecule has 0 atom stereocenters. The molecule has 0 spiro atoms. The number of carbonyl (C=O) groups is 1. The van der Waals surface area contributed by atoms with Crippen molar-refractivity contribution in [3.63, 3.8) is 0 Å². The van der Waals surface area contributed by atoms with Gasteiger partial charge in [0.05, 0.1) is 11.8 Å². The van der Waals surface area contributed by atoms with Gasteiger partial charge in [-0.05, 0) is 5.56 Å². The van der Waals surface area contributed by atoms with E-state index in [0.29, 0.717) is 11.8 Å². The van der Waals surface area contributed by atoms with Crippen LogP contribution in [-0.4, -0.2) is 5.30 Å². The average molecular weight is 193 g/mol. The average Bonchev–Trinajstić information content (AvgIpc) is 2.17. The lowest BCUT2D eigenvalue weighted by atomic mass is 10.2. The first-order chi connectivity index (χ1) is 6.33. The van der Waals surface area contributed by atoms with Gasteiger partial charge in [0.25, 0.3) is 0 Å². The van der Waals surface area contributed by atoms with Crippen LogP contribution >= 0.6 is 11.8 Å². The summed E-state index contributed by atoms with van der Waals surface area (Å²) in [6, 6.07) is 9.31. The van der Waals surface area contributed by atoms with Crippen LogP contribution in [0.15, 0.2) is 30.3 Å². The molecule has 0 heterocycles. The number of hydrogen-bond donors (Lipinski definition) is 0. The predicted molar refractivity (Wildman–Crippen MR) is 49.8 cm³/mol. The minimum Gasteiger partial charge on any atom is -0.452 e. The monoisotopic (exact) mass is 193 g/mol. The van der Waals surface area contributed by atoms with Gasteiger partial charge in [-0.25, -0.2) is 4.79 Å². The van der Waals surface area contributed by atoms with Crippen molar-refractivity contribution in [2.45, 2.75) is 6.61 Å². The Morgan fingerprint density at radius 2 is 2.15 bits per heavy atom. The molecule has 13 heavy (non-hydrogen) atoms. The van der Waals surface area contributed by atoms with E-state index in [1.165, 1.54) is 0 Å². The fraction of sp³-hybridized carbons (Fsp3) is 0.111. The van der Waals surface area contributed by atoms with E-state index >= 15 is 0 Å². The van der Waals surface area contributed by atoms with E-state index in [-0.39, 0.29) is 6.61 Å². The third-order valence-electron chi connectivity index (χ3n) is 1.33. The van der Waals surface area contributed by atoms with Gasteiger partial charge < -0.3 is 4.74 Å². The molecule has 0 radical (unpaired) electrons. The van der Waals surface area contributed by atoms with Crippen LogP contribution < -0.4 is 0 Å². The van der Waals surface area contributed by atoms with Crippen LogP contribution in [0.25, 0.3) is 0 Å². The minimum atomic E-state index is -0.564. The zero-order valence-electron chi connectivity index (χ0n) is 6.77. The van der Waals surface area contributed by atoms with Crippen LogP contribution in [0.3, 0.4) is 0 Å². The van der Waals surface area contributed by atoms with Crippen molar-refractivity contribution in [2.75, 3.05) is 0 Å². The molecule has 1 aromatic rings. The maximum atomic E-state index is 10.7. The number of ether oxygens (including phenoxy) is 1. The van der Waals surface area contributed by atoms with Crippen molar-refractivity contribution in [3.8, 4) is 5.40 Å². The Morgan fingerprint density at radius 1 is 1.46 bits per heavy atom. The van der Waals surface area contributed by atoms with Gasteiger partial charge in [-0.15, -0.1) is 0 Å². The quantitative estimate of drug-likeness (QED) is 0.535. The third-order valence-corrected chi connectivity index (χ3v) is 1.70. The smallest absolute Gasteiger partial charge is 0.382 e. The Bertz CT molecular complexity index is 318. The largest absolute Gasteiger partial charge is 0.452 e. The van der Waals surface area contributed by atoms with E-state index < -0.39 is 5.30 Å². The SMILES string of the molecule is N#CSC(=O)OCc1ccccc1. The van der Waals surface area contributed by atoms with Gasteiger partial charge in [0.2, 0.25) is 0 Å². The van der Waals surface area contributed by atoms with Crippen LogP contribution in [0.1, 0.15) is 5.56 Å². The Balaban J connectivity index is 2.36. The van der Waals surface area contributed by atoms with Crippen molar-refractivity contribution in [2.24, 2.45) is 0 Å². The molecule has 0 unspecified atom stereocenters. The normalized spacial score (nSPS) is 8.85. The molecule has 0 amide bonds. The molecular formula is C9H7NO2S. The van der Waals surface area contributed by atoms with Crippen molar-refractivity contribution < 1.29 is 9.53 Å². The Labute approximate surface area is 80.3 Å². The van der Waals surface area contributed by atoms with Crippen molar-refractivity contribution in [1.82, 2.24) is 0 Å². The molecule has 0 fully saturated rings. The molecule has 1 rings (SSSR count). The maximum Gasteiger partial charge on any atom is 0.382 e. The molecule has 0 saturated carbocycles. The molecule has 3 nitrogen and oxygen atoms in total. The molecule has 0 aliphatic carbocycles. The summed E-state index contributed by atoms with van der Waals surface area (Å²) in [5, 5.41) is 9.23. The molecule has 0 aliphatic rings. The molecule has 4 heteroatoms. The van der Waals surface area contributed by atoms with Gasteiger partial charge in [0, 0.05) is 0 Å². The number of nitriles is 1. The highest BCUT2D eigenvalue weighted by Crippen LogP contribution is 2.06. The summed E-state index contributed by atoms with van der Waals surface area (Å²) in [5.41, 5.74) is 0.911. The first-order valence-electron chi connectivity index (χ1n) is 3.59. The van der Waals surface area contributed by atoms with E-state index in [0.717, 1.165) is 5.56 Å². The Morgan fingerprint density at radius 3 is 2.77 bits per heavy atom. The second-order valence-corrected chi connectivity index (χ2v) is 2.94. The molecule has 0 aliphatic heterocycles. The van der Waals surface area contributed by atoms with Crippen LogP contribution in [0.4, 0.5) is 4.79 Å². The standard InChI is InChI=1S/C9H7NO2S/c10-7-13-9(11)12-6-8-4-2-1-3-5-8/h1-5H,6H2. The molecule has 66 valence electrons. The molecule has 0 N–H and O–H groups in total. The number of carbonyl (C=O) groups excluding carboxylic acids is 1. The van der Waals surface area contributed by atoms with Crippen LogP contribution in [0, 0.1) is 10.7 Å². The summed E-state index contributed by atoms with van der Waals surface area (Å²) < 4.78 is 4.77. The highest BCUT2D eigenvalue weighted by molar-refractivity contribution is 8.17. The lowest BCUT2D eigenvalue weighted by Crippen LogP contribution is -1.96. The summed E-state index contributed by atoms with van der Waals surface area (Å²) in [4.78, 5) is 10.7. The second-order valence-electron chi connectivity index (χ2n) is 2.22. The van der Waals surface area contributed by atoms with Crippen molar-refractivity contribution in [3.05, 3.63) is 35.9 Å². The van der Waals surface area contributed by atoms with E-state index in [1.807, 2.05) is 30.3 Å². The van der Waals surface area contributed by atoms with E-state index in [1.54, 1.807) is 5.40 Å². The van der Waals surface area contributed by atoms with Crippen LogP contribution in [0.5, 0.6) is 0 Å². The van der Waals surface area contributed by atoms with E-state index in [4.69, 9.17) is 10.00 Å². The third kappa shape index (κ3) is 3.63. The molecule has 1 aromatic carbocycles. The summed E-state index contributed by atoms with van der Waals surface area (Å²) in [5.74, 6) is 0. The van der Waals surface area contributed by atoms with Gasteiger partial charge in [-0.2, -0.15) is 5.26 Å². The number of thiocyanates is 1. The van der Waals surface area contributed by atoms with Crippen LogP contribution in [0.2, 0.25) is 0 Å². The summed E-state index contributed by atoms with van der Waals surface area (Å²) in [7, 11) is 0. The highest BCUT2D eigenvalue weighted by atomic mass is 32.2. The number of nitrogens with zero attached hydrogens (tertiary/aromatic N) is 1. The fourth-order valence-electron chi connectivity index (χ4n) is 0.783. The molecule has 0 saturated heterocycles. The van der Waals surface area contributed by atoms with E-state index in [9.17, 15) is 4.79 Å². The highest BCUT2D eigenvalue weighted by Gasteiger charge is 2.01. The predicted octanol–water partition coefficient (Wildman–Crippen LogP) is 2.54. The number of hydrogen-bond acceptors (Lipinski definition) is 4. The lowest BCUT2D eigenvalue weighted by molar-refractivity contribution is 0.169. The van der Waals surface area contributed by atoms with Crippen molar-refractivity contribution in [1.29, 1.82) is 5.26 Å². The van der Waals surface area contributed by atoms with Crippen molar-refractivity contribution >= 4 is 17.1 Å². The fourth-order valence-corrected chi connectivity index (χ4v) is 0.976. The number of rotatable bonds is 2. The van der Waals surface area contributed by atoms with Gasteiger partial charge >= 0.3 is 5.30 Å². The number of thioether (sulfide) groups is 1. The topological polar surface area (TPSA) is 50.1 Å². The van der Waals surface area contributed by atoms with E-state index in [2.05, 4.69) is 0 Å². The van der Waals surface area contributed by atoms with Gasteiger partial charge in [-0.1, -0.05) is 30.3 Å². The molecule has 0 bridgehead atoms. The Hall–Kier alpha value is -1.47. The first-order valence-corrected chi connectivity index (χ1v) is 4.41. The zero-order valence-corrected chi connectivity index (χ0v) is 7.58. The summed E-state index contributed by atoms with van der Waals surface area (Å²) in [6.07, 6.45) is 0. The minimum absolute atomic E-state index is 0.217. The summed E-state index contributed by atoms with van der Waals surface area (Å²) >= 11 is 0.495. The zero-order chi connectivity index (χ0) is 9.52. The van der Waals surface area contributed by atoms with Gasteiger partial charge in [0.15, 0.2) is 0 Å². The van der Waals surface area contributed by atoms with Crippen LogP contribution in [-0.2, 0) is 11.3 Å². The van der Waals surface area contributed by atoms with Gasteiger partial charge in [-0.3, -0.25) is 0 Å². The second kappa shape index (κ2) is 5.22. The molecule has 0 aromatic heterocycles.